The van der Waals surface area contributed by atoms with E-state index in [0.29, 0.717) is 0 Å². The zero-order valence-electron chi connectivity index (χ0n) is 16.4. The number of aromatic nitrogens is 4. The van der Waals surface area contributed by atoms with Crippen molar-refractivity contribution < 1.29 is 4.74 Å². The number of rotatable bonds is 5. The number of methoxy groups -OCH3 is 1. The van der Waals surface area contributed by atoms with Crippen molar-refractivity contribution in [3.8, 4) is 26.9 Å². The van der Waals surface area contributed by atoms with E-state index < -0.39 is 0 Å². The van der Waals surface area contributed by atoms with Crippen LogP contribution in [-0.4, -0.2) is 53.7 Å². The number of thiophene rings is 1. The van der Waals surface area contributed by atoms with Gasteiger partial charge >= 0.3 is 0 Å². The highest BCUT2D eigenvalue weighted by atomic mass is 32.1. The quantitative estimate of drug-likeness (QED) is 0.467. The number of nitrogens with zero attached hydrogens (tertiary/aromatic N) is 6. The Morgan fingerprint density at radius 1 is 0.833 bits per heavy atom. The normalized spacial score (nSPS) is 14.2. The van der Waals surface area contributed by atoms with Crippen molar-refractivity contribution in [1.29, 1.82) is 0 Å². The van der Waals surface area contributed by atoms with Crippen molar-refractivity contribution in [2.75, 3.05) is 43.1 Å². The topological polar surface area (TPSA) is 67.3 Å². The first-order chi connectivity index (χ1) is 14.8. The van der Waals surface area contributed by atoms with Gasteiger partial charge in [-0.1, -0.05) is 17.4 Å². The SMILES string of the molecule is COc1ccc(-c2ccc(N3CCN(c4nnc(-c5cccs5)s4)CC3)nn2)cc1. The van der Waals surface area contributed by atoms with Gasteiger partial charge in [0.15, 0.2) is 10.8 Å². The molecule has 0 spiro atoms. The molecule has 1 fully saturated rings. The Labute approximate surface area is 182 Å². The van der Waals surface area contributed by atoms with Gasteiger partial charge in [-0.3, -0.25) is 0 Å². The van der Waals surface area contributed by atoms with Gasteiger partial charge in [0.2, 0.25) is 5.13 Å². The van der Waals surface area contributed by atoms with Crippen LogP contribution in [0.4, 0.5) is 10.9 Å². The molecule has 0 unspecified atom stereocenters. The van der Waals surface area contributed by atoms with Crippen LogP contribution < -0.4 is 14.5 Å². The molecule has 0 bridgehead atoms. The molecular formula is C21H20N6OS2. The number of anilines is 2. The molecule has 0 radical (unpaired) electrons. The highest BCUT2D eigenvalue weighted by molar-refractivity contribution is 7.22. The van der Waals surface area contributed by atoms with Gasteiger partial charge in [-0.15, -0.1) is 31.7 Å². The van der Waals surface area contributed by atoms with Crippen molar-refractivity contribution in [2.45, 2.75) is 0 Å². The number of piperazine rings is 1. The number of hydrogen-bond acceptors (Lipinski definition) is 9. The van der Waals surface area contributed by atoms with E-state index in [1.165, 1.54) is 4.88 Å². The molecule has 1 aliphatic heterocycles. The summed E-state index contributed by atoms with van der Waals surface area (Å²) in [7, 11) is 1.66. The van der Waals surface area contributed by atoms with E-state index in [2.05, 4.69) is 41.6 Å². The second-order valence-electron chi connectivity index (χ2n) is 6.85. The molecule has 1 aromatic carbocycles. The Hall–Kier alpha value is -3.04. The fraction of sp³-hybridized carbons (Fsp3) is 0.238. The number of ether oxygens (including phenoxy) is 1. The summed E-state index contributed by atoms with van der Waals surface area (Å²) in [6, 6.07) is 16.0. The summed E-state index contributed by atoms with van der Waals surface area (Å²) in [6.07, 6.45) is 0. The van der Waals surface area contributed by atoms with E-state index in [4.69, 9.17) is 4.74 Å². The summed E-state index contributed by atoms with van der Waals surface area (Å²) in [6.45, 7) is 3.54. The molecule has 3 aromatic heterocycles. The van der Waals surface area contributed by atoms with Gasteiger partial charge in [-0.05, 0) is 47.8 Å². The van der Waals surface area contributed by atoms with E-state index >= 15 is 0 Å². The lowest BCUT2D eigenvalue weighted by molar-refractivity contribution is 0.415. The molecule has 7 nitrogen and oxygen atoms in total. The third-order valence-electron chi connectivity index (χ3n) is 5.06. The highest BCUT2D eigenvalue weighted by Gasteiger charge is 2.21. The Balaban J connectivity index is 1.22. The average Bonchev–Trinajstić information content (AvgIpc) is 3.52. The van der Waals surface area contributed by atoms with Gasteiger partial charge in [-0.25, -0.2) is 0 Å². The average molecular weight is 437 g/mol. The molecule has 4 heterocycles. The third kappa shape index (κ3) is 3.86. The standard InChI is InChI=1S/C21H20N6OS2/c1-28-16-6-4-15(5-7-16)17-8-9-19(23-22-17)26-10-12-27(13-11-26)21-25-24-20(30-21)18-3-2-14-29-18/h2-9,14H,10-13H2,1H3. The van der Waals surface area contributed by atoms with Crippen LogP contribution in [0, 0.1) is 0 Å². The minimum atomic E-state index is 0.833. The summed E-state index contributed by atoms with van der Waals surface area (Å²) in [5.41, 5.74) is 1.88. The van der Waals surface area contributed by atoms with E-state index in [9.17, 15) is 0 Å². The molecule has 1 saturated heterocycles. The summed E-state index contributed by atoms with van der Waals surface area (Å²) in [5.74, 6) is 1.74. The fourth-order valence-electron chi connectivity index (χ4n) is 3.38. The van der Waals surface area contributed by atoms with Crippen LogP contribution >= 0.6 is 22.7 Å². The van der Waals surface area contributed by atoms with E-state index in [0.717, 1.165) is 59.1 Å². The molecule has 0 aliphatic carbocycles. The van der Waals surface area contributed by atoms with Gasteiger partial charge in [0.05, 0.1) is 17.7 Å². The summed E-state index contributed by atoms with van der Waals surface area (Å²) in [5, 5.41) is 21.7. The van der Waals surface area contributed by atoms with E-state index in [-0.39, 0.29) is 0 Å². The highest BCUT2D eigenvalue weighted by Crippen LogP contribution is 2.32. The Morgan fingerprint density at radius 2 is 1.63 bits per heavy atom. The molecule has 0 N–H and O–H groups in total. The maximum atomic E-state index is 5.21. The Morgan fingerprint density at radius 3 is 2.30 bits per heavy atom. The largest absolute Gasteiger partial charge is 0.497 e. The first-order valence-electron chi connectivity index (χ1n) is 9.65. The van der Waals surface area contributed by atoms with Crippen LogP contribution in [-0.2, 0) is 0 Å². The maximum absolute atomic E-state index is 5.21. The molecule has 30 heavy (non-hydrogen) atoms. The first-order valence-corrected chi connectivity index (χ1v) is 11.4. The van der Waals surface area contributed by atoms with Crippen LogP contribution in [0.5, 0.6) is 5.75 Å². The van der Waals surface area contributed by atoms with Crippen LogP contribution in [0.25, 0.3) is 21.1 Å². The van der Waals surface area contributed by atoms with Crippen LogP contribution in [0.1, 0.15) is 0 Å². The summed E-state index contributed by atoms with van der Waals surface area (Å²) < 4.78 is 5.21. The van der Waals surface area contributed by atoms with Crippen molar-refractivity contribution >= 4 is 33.6 Å². The lowest BCUT2D eigenvalue weighted by atomic mass is 10.1. The van der Waals surface area contributed by atoms with Gasteiger partial charge < -0.3 is 14.5 Å². The fourth-order valence-corrected chi connectivity index (χ4v) is 5.07. The van der Waals surface area contributed by atoms with Gasteiger partial charge in [0.1, 0.15) is 5.75 Å². The Kier molecular flexibility index (Phi) is 5.29. The van der Waals surface area contributed by atoms with Gasteiger partial charge in [0, 0.05) is 31.7 Å². The zero-order valence-corrected chi connectivity index (χ0v) is 18.1. The van der Waals surface area contributed by atoms with Crippen molar-refractivity contribution in [3.63, 3.8) is 0 Å². The minimum absolute atomic E-state index is 0.833. The molecule has 4 aromatic rings. The van der Waals surface area contributed by atoms with Crippen molar-refractivity contribution in [2.24, 2.45) is 0 Å². The molecule has 152 valence electrons. The molecule has 5 rings (SSSR count). The van der Waals surface area contributed by atoms with Gasteiger partial charge in [-0.2, -0.15) is 0 Å². The molecular weight excluding hydrogens is 416 g/mol. The van der Waals surface area contributed by atoms with E-state index in [1.54, 1.807) is 29.8 Å². The lowest BCUT2D eigenvalue weighted by Crippen LogP contribution is -2.46. The molecule has 0 amide bonds. The predicted octanol–water partition coefficient (Wildman–Crippen LogP) is 4.06. The Bertz CT molecular complexity index is 1090. The second kappa shape index (κ2) is 8.37. The molecule has 9 heteroatoms. The van der Waals surface area contributed by atoms with Crippen LogP contribution in [0.15, 0.2) is 53.9 Å². The van der Waals surface area contributed by atoms with Crippen molar-refractivity contribution in [1.82, 2.24) is 20.4 Å². The second-order valence-corrected chi connectivity index (χ2v) is 8.75. The van der Waals surface area contributed by atoms with Gasteiger partial charge in [0.25, 0.3) is 0 Å². The smallest absolute Gasteiger partial charge is 0.208 e. The monoisotopic (exact) mass is 436 g/mol. The minimum Gasteiger partial charge on any atom is -0.497 e. The third-order valence-corrected chi connectivity index (χ3v) is 7.08. The van der Waals surface area contributed by atoms with Crippen LogP contribution in [0.3, 0.4) is 0 Å². The molecule has 0 saturated carbocycles. The summed E-state index contributed by atoms with van der Waals surface area (Å²) >= 11 is 3.35. The lowest BCUT2D eigenvalue weighted by Gasteiger charge is -2.34. The number of benzene rings is 1. The first kappa shape index (κ1) is 19.0. The summed E-state index contributed by atoms with van der Waals surface area (Å²) in [4.78, 5) is 5.73. The maximum Gasteiger partial charge on any atom is 0.208 e. The zero-order chi connectivity index (χ0) is 20.3. The van der Waals surface area contributed by atoms with Crippen molar-refractivity contribution in [3.05, 3.63) is 53.9 Å². The molecule has 1 aliphatic rings. The predicted molar refractivity (Wildman–Crippen MR) is 122 cm³/mol. The number of hydrogen-bond donors (Lipinski definition) is 0. The van der Waals surface area contributed by atoms with E-state index in [1.807, 2.05) is 42.5 Å². The molecule has 0 atom stereocenters. The van der Waals surface area contributed by atoms with Crippen LogP contribution in [0.2, 0.25) is 0 Å².